The van der Waals surface area contributed by atoms with Gasteiger partial charge < -0.3 is 19.0 Å². The molecule has 0 aliphatic rings. The third kappa shape index (κ3) is 2.59. The normalized spacial score (nSPS) is 12.9. The molecule has 102 valence electrons. The first-order valence-electron chi connectivity index (χ1n) is 5.88. The smallest absolute Gasteiger partial charge is 0.464 e. The van der Waals surface area contributed by atoms with Gasteiger partial charge in [0.1, 0.15) is 11.7 Å². The molecule has 0 saturated heterocycles. The summed E-state index contributed by atoms with van der Waals surface area (Å²) in [5.41, 5.74) is 0.832. The molecule has 1 atom stereocenters. The van der Waals surface area contributed by atoms with Crippen molar-refractivity contribution in [3.63, 3.8) is 0 Å². The van der Waals surface area contributed by atoms with E-state index in [0.717, 1.165) is 0 Å². The van der Waals surface area contributed by atoms with E-state index in [9.17, 15) is 9.90 Å². The van der Waals surface area contributed by atoms with Crippen molar-refractivity contribution in [3.05, 3.63) is 30.3 Å². The fourth-order valence-corrected chi connectivity index (χ4v) is 1.80. The van der Waals surface area contributed by atoms with Crippen molar-refractivity contribution in [1.29, 1.82) is 0 Å². The maximum atomic E-state index is 12.0. The highest BCUT2D eigenvalue weighted by Crippen LogP contribution is 2.22. The molecule has 0 radical (unpaired) electrons. The summed E-state index contributed by atoms with van der Waals surface area (Å²) in [5, 5.41) is 10.5. The number of carbonyl (C=O) groups excluding carboxylic acids is 1. The molecule has 6 heteroatoms. The minimum Gasteiger partial charge on any atom is -0.464 e. The number of fused-ring (bicyclic) bond motifs is 1. The zero-order valence-electron chi connectivity index (χ0n) is 11.0. The average Bonchev–Trinajstić information content (AvgIpc) is 2.83. The van der Waals surface area contributed by atoms with Crippen molar-refractivity contribution >= 4 is 17.1 Å². The number of methoxy groups -OCH3 is 1. The van der Waals surface area contributed by atoms with Gasteiger partial charge in [0.05, 0.1) is 11.6 Å². The highest BCUT2D eigenvalue weighted by atomic mass is 16.6. The molecule has 0 amide bonds. The zero-order valence-corrected chi connectivity index (χ0v) is 11.0. The van der Waals surface area contributed by atoms with Gasteiger partial charge in [-0.2, -0.15) is 4.79 Å². The van der Waals surface area contributed by atoms with Gasteiger partial charge in [-0.05, 0) is 19.9 Å². The molecule has 0 aromatic carbocycles. The molecule has 19 heavy (non-hydrogen) atoms. The van der Waals surface area contributed by atoms with Crippen LogP contribution in [0.3, 0.4) is 0 Å². The molecule has 2 aromatic rings. The number of rotatable bonds is 3. The summed E-state index contributed by atoms with van der Waals surface area (Å²) >= 11 is 0. The van der Waals surface area contributed by atoms with Crippen LogP contribution in [0.1, 0.15) is 25.8 Å². The molecule has 0 fully saturated rings. The molecule has 2 aromatic heterocycles. The molecule has 1 N–H and O–H groups in total. The number of hydrogen-bond acceptors (Lipinski definition) is 5. The molecule has 2 rings (SSSR count). The van der Waals surface area contributed by atoms with Crippen LogP contribution in [0.5, 0.6) is 0 Å². The van der Waals surface area contributed by atoms with E-state index in [1.807, 2.05) is 0 Å². The monoisotopic (exact) mass is 266 g/mol. The fourth-order valence-electron chi connectivity index (χ4n) is 1.80. The summed E-state index contributed by atoms with van der Waals surface area (Å²) in [5.74, 6) is 0. The Balaban J connectivity index is 2.56. The molecule has 1 unspecified atom stereocenters. The Kier molecular flexibility index (Phi) is 3.82. The van der Waals surface area contributed by atoms with Gasteiger partial charge in [0.15, 0.2) is 6.20 Å². The molecule has 0 saturated carbocycles. The van der Waals surface area contributed by atoms with Crippen LogP contribution in [-0.4, -0.2) is 24.4 Å². The van der Waals surface area contributed by atoms with Crippen LogP contribution in [0, 0.1) is 0 Å². The number of hydrogen-bond donors (Lipinski definition) is 1. The summed E-state index contributed by atoms with van der Waals surface area (Å²) in [4.78, 5) is 12.0. The van der Waals surface area contributed by atoms with Gasteiger partial charge >= 0.3 is 6.09 Å². The maximum absolute atomic E-state index is 12.0. The Labute approximate surface area is 110 Å². The first-order valence-corrected chi connectivity index (χ1v) is 5.88. The molecule has 0 aliphatic carbocycles. The first-order chi connectivity index (χ1) is 9.04. The molecule has 6 nitrogen and oxygen atoms in total. The van der Waals surface area contributed by atoms with Crippen molar-refractivity contribution in [2.45, 2.75) is 26.2 Å². The highest BCUT2D eigenvalue weighted by molar-refractivity contribution is 5.79. The van der Waals surface area contributed by atoms with Gasteiger partial charge in [-0.15, -0.1) is 0 Å². The minimum atomic E-state index is -1.25. The largest absolute Gasteiger partial charge is 0.602 e. The van der Waals surface area contributed by atoms with Crippen LogP contribution in [0.15, 0.2) is 29.0 Å². The van der Waals surface area contributed by atoms with Gasteiger partial charge in [-0.3, -0.25) is 0 Å². The number of carbonyl (C=O) groups is 1. The van der Waals surface area contributed by atoms with Crippen molar-refractivity contribution in [2.24, 2.45) is 0 Å². The van der Waals surface area contributed by atoms with E-state index in [1.54, 1.807) is 26.0 Å². The van der Waals surface area contributed by atoms with Crippen LogP contribution in [0.25, 0.3) is 11.0 Å². The predicted molar refractivity (Wildman–Crippen MR) is 65.4 cm³/mol. The van der Waals surface area contributed by atoms with E-state index in [-0.39, 0.29) is 11.8 Å². The van der Waals surface area contributed by atoms with Gasteiger partial charge in [0.25, 0.3) is 5.69 Å². The maximum Gasteiger partial charge on any atom is 0.602 e. The Hall–Kier alpha value is -1.92. The van der Waals surface area contributed by atoms with Gasteiger partial charge in [-0.1, -0.05) is 4.57 Å². The lowest BCUT2D eigenvalue weighted by Gasteiger charge is -2.09. The number of ether oxygens (including phenoxy) is 2. The van der Waals surface area contributed by atoms with Gasteiger partial charge in [-0.25, -0.2) is 0 Å². The Bertz CT molecular complexity index is 590. The molecule has 0 aliphatic heterocycles. The summed E-state index contributed by atoms with van der Waals surface area (Å²) in [6.07, 6.45) is 0.876. The SMILES string of the molecule is COC(O)c1c2ccoc2cc[n+]1C(=O)OC(C)C. The van der Waals surface area contributed by atoms with Crippen molar-refractivity contribution in [2.75, 3.05) is 7.11 Å². The highest BCUT2D eigenvalue weighted by Gasteiger charge is 2.31. The summed E-state index contributed by atoms with van der Waals surface area (Å²) in [6, 6.07) is 3.29. The van der Waals surface area contributed by atoms with Crippen molar-refractivity contribution in [3.8, 4) is 0 Å². The number of aliphatic hydroxyl groups is 1. The Morgan fingerprint density at radius 3 is 2.79 bits per heavy atom. The summed E-state index contributed by atoms with van der Waals surface area (Å²) in [6.45, 7) is 3.50. The van der Waals surface area contributed by atoms with E-state index in [4.69, 9.17) is 13.9 Å². The molecule has 2 heterocycles. The lowest BCUT2D eigenvalue weighted by atomic mass is 10.2. The van der Waals surface area contributed by atoms with Gasteiger partial charge in [0.2, 0.25) is 6.29 Å². The van der Waals surface area contributed by atoms with Crippen molar-refractivity contribution in [1.82, 2.24) is 0 Å². The van der Waals surface area contributed by atoms with E-state index >= 15 is 0 Å². The molecular formula is C13H16NO5+. The predicted octanol–water partition coefficient (Wildman–Crippen LogP) is 1.75. The lowest BCUT2D eigenvalue weighted by molar-refractivity contribution is -0.602. The number of nitrogens with zero attached hydrogens (tertiary/aromatic N) is 1. The van der Waals surface area contributed by atoms with Crippen LogP contribution in [-0.2, 0) is 9.47 Å². The number of pyridine rings is 1. The quantitative estimate of drug-likeness (QED) is 0.676. The Morgan fingerprint density at radius 2 is 2.16 bits per heavy atom. The molecular weight excluding hydrogens is 250 g/mol. The van der Waals surface area contributed by atoms with Crippen molar-refractivity contribution < 1.29 is 28.4 Å². The number of aromatic nitrogens is 1. The first kappa shape index (κ1) is 13.5. The van der Waals surface area contributed by atoms with Crippen LogP contribution >= 0.6 is 0 Å². The molecule has 0 spiro atoms. The second-order valence-corrected chi connectivity index (χ2v) is 4.29. The third-order valence-corrected chi connectivity index (χ3v) is 2.60. The standard InChI is InChI=1S/C13H16NO5/c1-8(2)19-13(16)14-6-4-10-9(5-7-18-10)11(14)12(15)17-3/h4-8,12,15H,1-3H3/q+1. The number of aliphatic hydroxyl groups excluding tert-OH is 1. The van der Waals surface area contributed by atoms with E-state index in [1.165, 1.54) is 24.1 Å². The third-order valence-electron chi connectivity index (χ3n) is 2.60. The Morgan fingerprint density at radius 1 is 1.42 bits per heavy atom. The lowest BCUT2D eigenvalue weighted by Crippen LogP contribution is -2.48. The van der Waals surface area contributed by atoms with Crippen LogP contribution in [0.4, 0.5) is 4.79 Å². The van der Waals surface area contributed by atoms with E-state index < -0.39 is 12.4 Å². The zero-order chi connectivity index (χ0) is 14.0. The summed E-state index contributed by atoms with van der Waals surface area (Å²) < 4.78 is 16.5. The fraction of sp³-hybridized carbons (Fsp3) is 0.385. The average molecular weight is 266 g/mol. The van der Waals surface area contributed by atoms with E-state index in [2.05, 4.69) is 0 Å². The van der Waals surface area contributed by atoms with Crippen LogP contribution in [0.2, 0.25) is 0 Å². The van der Waals surface area contributed by atoms with Crippen LogP contribution < -0.4 is 4.57 Å². The topological polar surface area (TPSA) is 72.8 Å². The minimum absolute atomic E-state index is 0.257. The molecule has 0 bridgehead atoms. The second-order valence-electron chi connectivity index (χ2n) is 4.29. The number of furan rings is 1. The van der Waals surface area contributed by atoms with E-state index in [0.29, 0.717) is 11.0 Å². The summed E-state index contributed by atoms with van der Waals surface area (Å²) in [7, 11) is 1.35. The second kappa shape index (κ2) is 5.38. The van der Waals surface area contributed by atoms with Gasteiger partial charge in [0, 0.05) is 13.2 Å².